The Morgan fingerprint density at radius 2 is 2.06 bits per heavy atom. The van der Waals surface area contributed by atoms with E-state index < -0.39 is 0 Å². The van der Waals surface area contributed by atoms with Gasteiger partial charge in [0.15, 0.2) is 0 Å². The predicted octanol–water partition coefficient (Wildman–Crippen LogP) is 2.16. The smallest absolute Gasteiger partial charge is 0.0509 e. The van der Waals surface area contributed by atoms with Crippen LogP contribution in [0.4, 0.5) is 0 Å². The quantitative estimate of drug-likeness (QED) is 0.790. The second-order valence-electron chi connectivity index (χ2n) is 6.68. The summed E-state index contributed by atoms with van der Waals surface area (Å²) in [6.45, 7) is 8.47. The van der Waals surface area contributed by atoms with E-state index in [9.17, 15) is 0 Å². The van der Waals surface area contributed by atoms with Crippen LogP contribution < -0.4 is 11.1 Å². The summed E-state index contributed by atoms with van der Waals surface area (Å²) in [4.78, 5) is 0. The van der Waals surface area contributed by atoms with Gasteiger partial charge in [0.1, 0.15) is 0 Å². The molecule has 0 bridgehead atoms. The lowest BCUT2D eigenvalue weighted by Crippen LogP contribution is -2.47. The Kier molecular flexibility index (Phi) is 5.05. The van der Waals surface area contributed by atoms with Crippen LogP contribution in [0.25, 0.3) is 0 Å². The van der Waals surface area contributed by atoms with Crippen LogP contribution in [-0.2, 0) is 4.74 Å². The summed E-state index contributed by atoms with van der Waals surface area (Å²) < 4.78 is 5.47. The van der Waals surface area contributed by atoms with Crippen LogP contribution in [0.2, 0.25) is 0 Å². The summed E-state index contributed by atoms with van der Waals surface area (Å²) in [5.74, 6) is 1.59. The van der Waals surface area contributed by atoms with Gasteiger partial charge in [0.25, 0.3) is 0 Å². The van der Waals surface area contributed by atoms with Gasteiger partial charge in [-0.15, -0.1) is 0 Å². The first-order valence-corrected chi connectivity index (χ1v) is 7.66. The average Bonchev–Trinajstić information content (AvgIpc) is 2.92. The molecule has 0 radical (unpaired) electrons. The fourth-order valence-corrected chi connectivity index (χ4v) is 3.32. The molecule has 1 heterocycles. The molecule has 2 rings (SSSR count). The molecule has 2 fully saturated rings. The van der Waals surface area contributed by atoms with Gasteiger partial charge >= 0.3 is 0 Å². The second kappa shape index (κ2) is 6.36. The molecule has 3 N–H and O–H groups in total. The van der Waals surface area contributed by atoms with Crippen LogP contribution in [0.15, 0.2) is 0 Å². The maximum atomic E-state index is 6.06. The zero-order chi connectivity index (χ0) is 13.0. The van der Waals surface area contributed by atoms with Gasteiger partial charge in [0.05, 0.1) is 6.61 Å². The van der Waals surface area contributed by atoms with Crippen molar-refractivity contribution in [1.82, 2.24) is 5.32 Å². The van der Waals surface area contributed by atoms with Crippen molar-refractivity contribution in [3.05, 3.63) is 0 Å². The van der Waals surface area contributed by atoms with E-state index in [4.69, 9.17) is 10.5 Å². The monoisotopic (exact) mass is 254 g/mol. The highest BCUT2D eigenvalue weighted by Gasteiger charge is 2.33. The molecule has 0 aromatic rings. The minimum atomic E-state index is 0.361. The van der Waals surface area contributed by atoms with E-state index in [1.54, 1.807) is 0 Å². The standard InChI is InChI=1S/C15H30N2O/c1-12-3-6-15(10-16,7-4-12)11-17-13(2)14-5-8-18-9-14/h12-14,17H,3-11,16H2,1-2H3. The van der Waals surface area contributed by atoms with Crippen molar-refractivity contribution >= 4 is 0 Å². The van der Waals surface area contributed by atoms with E-state index in [-0.39, 0.29) is 0 Å². The van der Waals surface area contributed by atoms with E-state index in [1.807, 2.05) is 0 Å². The molecule has 0 amide bonds. The lowest BCUT2D eigenvalue weighted by Gasteiger charge is -2.40. The summed E-state index contributed by atoms with van der Waals surface area (Å²) in [5, 5.41) is 3.74. The minimum Gasteiger partial charge on any atom is -0.381 e. The zero-order valence-electron chi connectivity index (χ0n) is 12.1. The molecule has 3 nitrogen and oxygen atoms in total. The average molecular weight is 254 g/mol. The molecule has 1 aliphatic heterocycles. The highest BCUT2D eigenvalue weighted by Crippen LogP contribution is 2.37. The van der Waals surface area contributed by atoms with Crippen LogP contribution >= 0.6 is 0 Å². The SMILES string of the molecule is CC1CCC(CN)(CNC(C)C2CCOC2)CC1. The third kappa shape index (κ3) is 3.46. The minimum absolute atomic E-state index is 0.361. The second-order valence-corrected chi connectivity index (χ2v) is 6.68. The molecule has 0 spiro atoms. The number of nitrogens with two attached hydrogens (primary N) is 1. The largest absolute Gasteiger partial charge is 0.381 e. The van der Waals surface area contributed by atoms with Gasteiger partial charge in [-0.25, -0.2) is 0 Å². The number of hydrogen-bond acceptors (Lipinski definition) is 3. The predicted molar refractivity (Wildman–Crippen MR) is 75.5 cm³/mol. The summed E-state index contributed by atoms with van der Waals surface area (Å²) in [6.07, 6.45) is 6.50. The van der Waals surface area contributed by atoms with Crippen LogP contribution in [0.5, 0.6) is 0 Å². The van der Waals surface area contributed by atoms with Gasteiger partial charge in [0, 0.05) is 19.2 Å². The van der Waals surface area contributed by atoms with Gasteiger partial charge in [-0.3, -0.25) is 0 Å². The van der Waals surface area contributed by atoms with Crippen LogP contribution in [0, 0.1) is 17.3 Å². The number of ether oxygens (including phenoxy) is 1. The van der Waals surface area contributed by atoms with Gasteiger partial charge in [-0.05, 0) is 50.0 Å². The molecule has 1 saturated heterocycles. The summed E-state index contributed by atoms with van der Waals surface area (Å²) in [5.41, 5.74) is 6.42. The molecule has 18 heavy (non-hydrogen) atoms. The lowest BCUT2D eigenvalue weighted by atomic mass is 9.70. The molecule has 1 saturated carbocycles. The fourth-order valence-electron chi connectivity index (χ4n) is 3.32. The van der Waals surface area contributed by atoms with E-state index >= 15 is 0 Å². The molecule has 2 atom stereocenters. The fraction of sp³-hybridized carbons (Fsp3) is 1.00. The van der Waals surface area contributed by atoms with E-state index in [2.05, 4.69) is 19.2 Å². The van der Waals surface area contributed by atoms with Crippen molar-refractivity contribution in [2.75, 3.05) is 26.3 Å². The molecule has 2 unspecified atom stereocenters. The van der Waals surface area contributed by atoms with Gasteiger partial charge < -0.3 is 15.8 Å². The molecule has 0 aromatic heterocycles. The maximum absolute atomic E-state index is 6.06. The van der Waals surface area contributed by atoms with E-state index in [1.165, 1.54) is 32.1 Å². The Morgan fingerprint density at radius 1 is 1.33 bits per heavy atom. The van der Waals surface area contributed by atoms with Gasteiger partial charge in [0.2, 0.25) is 0 Å². The summed E-state index contributed by atoms with van der Waals surface area (Å²) in [6, 6.07) is 0.565. The third-order valence-electron chi connectivity index (χ3n) is 5.24. The van der Waals surface area contributed by atoms with Crippen molar-refractivity contribution in [2.45, 2.75) is 52.0 Å². The topological polar surface area (TPSA) is 47.3 Å². The third-order valence-corrected chi connectivity index (χ3v) is 5.24. The van der Waals surface area contributed by atoms with Crippen LogP contribution in [-0.4, -0.2) is 32.3 Å². The van der Waals surface area contributed by atoms with E-state index in [0.29, 0.717) is 17.4 Å². The first-order valence-electron chi connectivity index (χ1n) is 7.66. The molecular weight excluding hydrogens is 224 g/mol. The normalized spacial score (nSPS) is 38.8. The molecule has 2 aliphatic rings. The molecule has 1 aliphatic carbocycles. The van der Waals surface area contributed by atoms with Crippen molar-refractivity contribution < 1.29 is 4.74 Å². The van der Waals surface area contributed by atoms with Crippen molar-refractivity contribution in [2.24, 2.45) is 23.0 Å². The molecule has 0 aromatic carbocycles. The van der Waals surface area contributed by atoms with Crippen LogP contribution in [0.3, 0.4) is 0 Å². The van der Waals surface area contributed by atoms with Crippen LogP contribution in [0.1, 0.15) is 46.0 Å². The van der Waals surface area contributed by atoms with Crippen molar-refractivity contribution in [3.8, 4) is 0 Å². The first-order chi connectivity index (χ1) is 8.65. The molecule has 3 heteroatoms. The van der Waals surface area contributed by atoms with Crippen molar-refractivity contribution in [1.29, 1.82) is 0 Å². The maximum Gasteiger partial charge on any atom is 0.0509 e. The zero-order valence-corrected chi connectivity index (χ0v) is 12.1. The highest BCUT2D eigenvalue weighted by atomic mass is 16.5. The number of rotatable bonds is 5. The van der Waals surface area contributed by atoms with Crippen molar-refractivity contribution in [3.63, 3.8) is 0 Å². The Balaban J connectivity index is 1.79. The Hall–Kier alpha value is -0.120. The van der Waals surface area contributed by atoms with Gasteiger partial charge in [-0.2, -0.15) is 0 Å². The first kappa shape index (κ1) is 14.3. The molecular formula is C15H30N2O. The Bertz CT molecular complexity index is 243. The number of nitrogens with one attached hydrogen (secondary N) is 1. The number of hydrogen-bond donors (Lipinski definition) is 2. The highest BCUT2D eigenvalue weighted by molar-refractivity contribution is 4.89. The Labute approximate surface area is 112 Å². The van der Waals surface area contributed by atoms with Gasteiger partial charge in [-0.1, -0.05) is 19.8 Å². The summed E-state index contributed by atoms with van der Waals surface area (Å²) >= 11 is 0. The Morgan fingerprint density at radius 3 is 2.61 bits per heavy atom. The van der Waals surface area contributed by atoms with E-state index in [0.717, 1.165) is 32.2 Å². The lowest BCUT2D eigenvalue weighted by molar-refractivity contribution is 0.144. The summed E-state index contributed by atoms with van der Waals surface area (Å²) in [7, 11) is 0. The molecule has 106 valence electrons.